The second-order valence-corrected chi connectivity index (χ2v) is 7.73. The van der Waals surface area contributed by atoms with Gasteiger partial charge in [-0.3, -0.25) is 9.89 Å². The van der Waals surface area contributed by atoms with Crippen molar-refractivity contribution in [2.75, 3.05) is 12.9 Å². The number of aromatic nitrogens is 3. The zero-order valence-electron chi connectivity index (χ0n) is 14.8. The lowest BCUT2D eigenvalue weighted by Gasteiger charge is -2.15. The van der Waals surface area contributed by atoms with E-state index in [0.29, 0.717) is 33.5 Å². The lowest BCUT2D eigenvalue weighted by molar-refractivity contribution is -0.119. The summed E-state index contributed by atoms with van der Waals surface area (Å²) in [5.41, 5.74) is 0.738. The number of halogens is 1. The van der Waals surface area contributed by atoms with Gasteiger partial charge in [0.2, 0.25) is 11.1 Å². The van der Waals surface area contributed by atoms with Crippen LogP contribution in [0.5, 0.6) is 5.75 Å². The van der Waals surface area contributed by atoms with Crippen LogP contribution in [0.2, 0.25) is 5.02 Å². The molecule has 6 nitrogen and oxygen atoms in total. The monoisotopic (exact) mass is 394 g/mol. The van der Waals surface area contributed by atoms with E-state index in [-0.39, 0.29) is 5.91 Å². The first kappa shape index (κ1) is 19.0. The number of nitrogens with zero attached hydrogens (tertiary/aromatic N) is 2. The number of methoxy groups -OCH3 is 1. The number of carbonyl (C=O) groups is 1. The van der Waals surface area contributed by atoms with Crippen LogP contribution in [0.1, 0.15) is 38.5 Å². The molecule has 1 saturated carbocycles. The smallest absolute Gasteiger partial charge is 0.230 e. The van der Waals surface area contributed by atoms with E-state index < -0.39 is 0 Å². The number of aromatic amines is 1. The van der Waals surface area contributed by atoms with Gasteiger partial charge in [-0.15, -0.1) is 5.10 Å². The Kier molecular flexibility index (Phi) is 6.80. The first-order valence-corrected chi connectivity index (χ1v) is 10.2. The molecule has 3 rings (SSSR count). The molecule has 2 N–H and O–H groups in total. The Labute approximate surface area is 162 Å². The van der Waals surface area contributed by atoms with E-state index in [1.165, 1.54) is 37.4 Å². The largest absolute Gasteiger partial charge is 0.496 e. The van der Waals surface area contributed by atoms with E-state index in [0.717, 1.165) is 18.4 Å². The van der Waals surface area contributed by atoms with Gasteiger partial charge < -0.3 is 10.1 Å². The fourth-order valence-electron chi connectivity index (χ4n) is 3.12. The number of carbonyl (C=O) groups excluding carboxylic acids is 1. The van der Waals surface area contributed by atoms with Gasteiger partial charge in [0, 0.05) is 11.1 Å². The highest BCUT2D eigenvalue weighted by atomic mass is 35.5. The second kappa shape index (κ2) is 9.28. The Bertz CT molecular complexity index is 745. The molecule has 1 fully saturated rings. The molecule has 0 radical (unpaired) electrons. The summed E-state index contributed by atoms with van der Waals surface area (Å²) in [7, 11) is 1.59. The molecule has 140 valence electrons. The first-order chi connectivity index (χ1) is 12.7. The lowest BCUT2D eigenvalue weighted by Crippen LogP contribution is -2.35. The zero-order chi connectivity index (χ0) is 18.4. The van der Waals surface area contributed by atoms with Gasteiger partial charge in [-0.1, -0.05) is 49.0 Å². The average molecular weight is 395 g/mol. The van der Waals surface area contributed by atoms with Gasteiger partial charge in [0.25, 0.3) is 0 Å². The van der Waals surface area contributed by atoms with Crippen LogP contribution >= 0.6 is 23.4 Å². The molecule has 0 spiro atoms. The highest BCUT2D eigenvalue weighted by Crippen LogP contribution is 2.31. The number of benzene rings is 1. The topological polar surface area (TPSA) is 79.9 Å². The van der Waals surface area contributed by atoms with Crippen molar-refractivity contribution in [3.05, 3.63) is 23.2 Å². The molecule has 0 saturated heterocycles. The summed E-state index contributed by atoms with van der Waals surface area (Å²) in [6.07, 6.45) is 7.10. The predicted octanol–water partition coefficient (Wildman–Crippen LogP) is 4.06. The van der Waals surface area contributed by atoms with Crippen LogP contribution in [-0.4, -0.2) is 40.0 Å². The molecular formula is C18H23ClN4O2S. The number of H-pyrrole nitrogens is 1. The second-order valence-electron chi connectivity index (χ2n) is 6.36. The maximum atomic E-state index is 12.2. The quantitative estimate of drug-likeness (QED) is 0.570. The van der Waals surface area contributed by atoms with Crippen molar-refractivity contribution in [2.45, 2.75) is 49.7 Å². The third-order valence-electron chi connectivity index (χ3n) is 4.43. The van der Waals surface area contributed by atoms with Gasteiger partial charge in [-0.2, -0.15) is 0 Å². The van der Waals surface area contributed by atoms with E-state index in [2.05, 4.69) is 20.5 Å². The Morgan fingerprint density at radius 2 is 2.12 bits per heavy atom. The SMILES string of the molecule is COc1ccc(Cl)cc1-c1nc(SCC(=O)NC2CCCCCC2)n[nH]1. The van der Waals surface area contributed by atoms with Crippen LogP contribution in [-0.2, 0) is 4.79 Å². The number of hydrogen-bond acceptors (Lipinski definition) is 5. The van der Waals surface area contributed by atoms with Crippen LogP contribution in [0, 0.1) is 0 Å². The summed E-state index contributed by atoms with van der Waals surface area (Å²) in [6.45, 7) is 0. The van der Waals surface area contributed by atoms with E-state index in [9.17, 15) is 4.79 Å². The summed E-state index contributed by atoms with van der Waals surface area (Å²) < 4.78 is 5.34. The number of ether oxygens (including phenoxy) is 1. The molecule has 0 atom stereocenters. The van der Waals surface area contributed by atoms with Gasteiger partial charge in [-0.05, 0) is 31.0 Å². The average Bonchev–Trinajstić information content (AvgIpc) is 2.97. The van der Waals surface area contributed by atoms with Gasteiger partial charge in [-0.25, -0.2) is 4.98 Å². The minimum absolute atomic E-state index is 0.0357. The fourth-order valence-corrected chi connectivity index (χ4v) is 3.90. The van der Waals surface area contributed by atoms with Gasteiger partial charge in [0.15, 0.2) is 5.82 Å². The third-order valence-corrected chi connectivity index (χ3v) is 5.52. The molecular weight excluding hydrogens is 372 g/mol. The minimum atomic E-state index is 0.0357. The van der Waals surface area contributed by atoms with Crippen molar-refractivity contribution < 1.29 is 9.53 Å². The molecule has 0 bridgehead atoms. The summed E-state index contributed by atoms with van der Waals surface area (Å²) in [5.74, 6) is 1.57. The van der Waals surface area contributed by atoms with E-state index in [1.807, 2.05) is 0 Å². The van der Waals surface area contributed by atoms with E-state index >= 15 is 0 Å². The summed E-state index contributed by atoms with van der Waals surface area (Å²) in [6, 6.07) is 5.62. The number of hydrogen-bond donors (Lipinski definition) is 2. The Hall–Kier alpha value is -1.73. The van der Waals surface area contributed by atoms with Crippen LogP contribution in [0.4, 0.5) is 0 Å². The van der Waals surface area contributed by atoms with Crippen molar-refractivity contribution in [3.8, 4) is 17.1 Å². The maximum absolute atomic E-state index is 12.2. The molecule has 1 aromatic carbocycles. The Balaban J connectivity index is 1.57. The summed E-state index contributed by atoms with van der Waals surface area (Å²) in [4.78, 5) is 16.6. The molecule has 1 aromatic heterocycles. The number of rotatable bonds is 6. The van der Waals surface area contributed by atoms with Gasteiger partial charge in [0.1, 0.15) is 5.75 Å². The van der Waals surface area contributed by atoms with Crippen molar-refractivity contribution >= 4 is 29.3 Å². The predicted molar refractivity (Wildman–Crippen MR) is 104 cm³/mol. The number of amides is 1. The maximum Gasteiger partial charge on any atom is 0.230 e. The van der Waals surface area contributed by atoms with E-state index in [1.54, 1.807) is 25.3 Å². The Morgan fingerprint density at radius 3 is 2.85 bits per heavy atom. The molecule has 26 heavy (non-hydrogen) atoms. The highest BCUT2D eigenvalue weighted by Gasteiger charge is 2.16. The van der Waals surface area contributed by atoms with Crippen LogP contribution in [0.25, 0.3) is 11.4 Å². The van der Waals surface area contributed by atoms with Crippen LogP contribution in [0.3, 0.4) is 0 Å². The highest BCUT2D eigenvalue weighted by molar-refractivity contribution is 7.99. The Morgan fingerprint density at radius 1 is 1.35 bits per heavy atom. The normalized spacial score (nSPS) is 15.5. The van der Waals surface area contributed by atoms with Crippen molar-refractivity contribution in [2.24, 2.45) is 0 Å². The van der Waals surface area contributed by atoms with Gasteiger partial charge in [0.05, 0.1) is 18.4 Å². The van der Waals surface area contributed by atoms with Crippen molar-refractivity contribution in [3.63, 3.8) is 0 Å². The molecule has 1 heterocycles. The minimum Gasteiger partial charge on any atom is -0.496 e. The van der Waals surface area contributed by atoms with Gasteiger partial charge >= 0.3 is 0 Å². The zero-order valence-corrected chi connectivity index (χ0v) is 16.3. The standard InChI is InChI=1S/C18H23ClN4O2S/c1-25-15-9-8-12(19)10-14(15)17-21-18(23-22-17)26-11-16(24)20-13-6-4-2-3-5-7-13/h8-10,13H,2-7,11H2,1H3,(H,20,24)(H,21,22,23). The van der Waals surface area contributed by atoms with Crippen LogP contribution < -0.4 is 10.1 Å². The van der Waals surface area contributed by atoms with E-state index in [4.69, 9.17) is 16.3 Å². The molecule has 0 aliphatic heterocycles. The molecule has 1 aliphatic rings. The molecule has 0 unspecified atom stereocenters. The summed E-state index contributed by atoms with van der Waals surface area (Å²) in [5, 5.41) is 11.3. The first-order valence-electron chi connectivity index (χ1n) is 8.84. The third kappa shape index (κ3) is 5.14. The van der Waals surface area contributed by atoms with Crippen LogP contribution in [0.15, 0.2) is 23.4 Å². The molecule has 1 amide bonds. The summed E-state index contributed by atoms with van der Waals surface area (Å²) >= 11 is 7.38. The number of thioether (sulfide) groups is 1. The fraction of sp³-hybridized carbons (Fsp3) is 0.500. The van der Waals surface area contributed by atoms with Crippen molar-refractivity contribution in [1.29, 1.82) is 0 Å². The molecule has 8 heteroatoms. The van der Waals surface area contributed by atoms with Crippen molar-refractivity contribution in [1.82, 2.24) is 20.5 Å². The molecule has 2 aromatic rings. The lowest BCUT2D eigenvalue weighted by atomic mass is 10.1. The number of nitrogens with one attached hydrogen (secondary N) is 2. The molecule has 1 aliphatic carbocycles.